The van der Waals surface area contributed by atoms with Crippen molar-refractivity contribution in [2.45, 2.75) is 98.2 Å². The monoisotopic (exact) mass is 954 g/mol. The predicted molar refractivity (Wildman–Crippen MR) is 244 cm³/mol. The Balaban J connectivity index is 0.00000612. The van der Waals surface area contributed by atoms with Crippen LogP contribution in [0.25, 0.3) is 55.9 Å². The van der Waals surface area contributed by atoms with Crippen molar-refractivity contribution in [3.63, 3.8) is 0 Å². The molecule has 1 aliphatic carbocycles. The molecule has 0 atom stereocenters. The standard InChI is InChI=1S/C56H56N2.Ir/c1-39-14-29-53(57-37-39)45-19-17-41(18-20-45)15-16-42-32-40(2)33-47(34-42)51-13-9-8-12-50(51)43-21-23-46(24-22-43)54-35-52(48(38-58-54)36-55(3,4)5)44-25-27-49(28-26-44)56(6)30-10-7-11-31-56;/h8-9,12-14,17-19,21-23,25-29,32-35,37-38H,7,10-11,15-16,30-31,36H2,1-6H3;/q-2;/i1D3,36D2;. The van der Waals surface area contributed by atoms with E-state index in [9.17, 15) is 2.74 Å². The van der Waals surface area contributed by atoms with Gasteiger partial charge < -0.3 is 9.97 Å². The summed E-state index contributed by atoms with van der Waals surface area (Å²) >= 11 is 0. The molecule has 0 aliphatic heterocycles. The van der Waals surface area contributed by atoms with Gasteiger partial charge in [0.1, 0.15) is 0 Å². The second-order valence-electron chi connectivity index (χ2n) is 17.5. The largest absolute Gasteiger partial charge is 0.304 e. The van der Waals surface area contributed by atoms with Gasteiger partial charge in [-0.1, -0.05) is 155 Å². The van der Waals surface area contributed by atoms with Crippen LogP contribution in [0.5, 0.6) is 0 Å². The van der Waals surface area contributed by atoms with Crippen LogP contribution in [0.1, 0.15) is 100 Å². The van der Waals surface area contributed by atoms with Crippen LogP contribution < -0.4 is 0 Å². The molecule has 5 aromatic carbocycles. The second-order valence-corrected chi connectivity index (χ2v) is 17.5. The Morgan fingerprint density at radius 1 is 0.644 bits per heavy atom. The Morgan fingerprint density at radius 3 is 1.98 bits per heavy atom. The third kappa shape index (κ3) is 10.1. The van der Waals surface area contributed by atoms with Crippen LogP contribution in [0.2, 0.25) is 0 Å². The van der Waals surface area contributed by atoms with Crippen LogP contribution in [0, 0.1) is 31.3 Å². The van der Waals surface area contributed by atoms with Gasteiger partial charge in [-0.15, -0.1) is 65.2 Å². The third-order valence-electron chi connectivity index (χ3n) is 11.7. The van der Waals surface area contributed by atoms with E-state index in [2.05, 4.69) is 122 Å². The molecule has 0 bridgehead atoms. The summed E-state index contributed by atoms with van der Waals surface area (Å²) in [4.78, 5) is 9.25. The number of benzene rings is 5. The minimum atomic E-state index is -2.17. The van der Waals surface area contributed by atoms with Crippen LogP contribution in [-0.4, -0.2) is 9.97 Å². The van der Waals surface area contributed by atoms with Gasteiger partial charge in [0, 0.05) is 39.4 Å². The van der Waals surface area contributed by atoms with Gasteiger partial charge in [0.25, 0.3) is 0 Å². The summed E-state index contributed by atoms with van der Waals surface area (Å²) in [6, 6.07) is 48.9. The third-order valence-corrected chi connectivity index (χ3v) is 11.7. The van der Waals surface area contributed by atoms with E-state index in [1.807, 2.05) is 39.0 Å². The Hall–Kier alpha value is -4.95. The first-order valence-electron chi connectivity index (χ1n) is 23.3. The van der Waals surface area contributed by atoms with E-state index < -0.39 is 18.6 Å². The number of hydrogen-bond donors (Lipinski definition) is 0. The van der Waals surface area contributed by atoms with Crippen molar-refractivity contribution in [1.29, 1.82) is 0 Å². The van der Waals surface area contributed by atoms with Gasteiger partial charge in [-0.2, -0.15) is 0 Å². The topological polar surface area (TPSA) is 25.8 Å². The molecular weight excluding hydrogens is 893 g/mol. The maximum Gasteiger partial charge on any atom is 0.0322 e. The molecule has 2 nitrogen and oxygen atoms in total. The molecule has 0 N–H and O–H groups in total. The van der Waals surface area contributed by atoms with E-state index in [1.165, 1.54) is 60.6 Å². The van der Waals surface area contributed by atoms with Gasteiger partial charge in [-0.25, -0.2) is 0 Å². The maximum absolute atomic E-state index is 9.28. The molecule has 301 valence electrons. The number of aromatic nitrogens is 2. The average Bonchev–Trinajstić information content (AvgIpc) is 3.28. The molecule has 1 fully saturated rings. The summed E-state index contributed by atoms with van der Waals surface area (Å²) in [6.07, 6.45) is 9.53. The molecule has 0 saturated heterocycles. The predicted octanol–water partition coefficient (Wildman–Crippen LogP) is 14.6. The molecule has 1 saturated carbocycles. The SMILES string of the molecule is [2H]C([2H])([2H])c1ccc(-c2[c-]cc(CCc3cc(C)cc(-c4ccccc4-c4c[c-]c(-c5cc(-c6ccc(C7(C)CCCCC7)cc6)c(C([2H])([2H])C(C)(C)C)cn5)cc4)c3)cc2)nc1.[Ir]. The smallest absolute Gasteiger partial charge is 0.0322 e. The fraction of sp³-hybridized carbons (Fsp3) is 0.286. The zero-order valence-corrected chi connectivity index (χ0v) is 37.3. The Bertz CT molecular complexity index is 2690. The van der Waals surface area contributed by atoms with E-state index in [1.54, 1.807) is 18.3 Å². The Morgan fingerprint density at radius 2 is 1.32 bits per heavy atom. The van der Waals surface area contributed by atoms with Gasteiger partial charge >= 0.3 is 0 Å². The first-order valence-corrected chi connectivity index (χ1v) is 20.8. The molecule has 1 radical (unpaired) electrons. The fourth-order valence-electron chi connectivity index (χ4n) is 8.53. The maximum atomic E-state index is 9.28. The average molecular weight is 954 g/mol. The first-order chi connectivity index (χ1) is 30.0. The molecule has 59 heavy (non-hydrogen) atoms. The first kappa shape index (κ1) is 35.9. The van der Waals surface area contributed by atoms with Crippen molar-refractivity contribution >= 4 is 0 Å². The van der Waals surface area contributed by atoms with E-state index in [0.29, 0.717) is 11.3 Å². The van der Waals surface area contributed by atoms with Gasteiger partial charge in [-0.3, -0.25) is 0 Å². The molecule has 1 aliphatic rings. The zero-order chi connectivity index (χ0) is 44.6. The number of rotatable bonds is 10. The molecule has 7 aromatic rings. The summed E-state index contributed by atoms with van der Waals surface area (Å²) in [5.41, 5.74) is 14.9. The van der Waals surface area contributed by atoms with Gasteiger partial charge in [0.05, 0.1) is 0 Å². The van der Waals surface area contributed by atoms with Crippen molar-refractivity contribution in [1.82, 2.24) is 9.97 Å². The molecule has 2 heterocycles. The van der Waals surface area contributed by atoms with Crippen molar-refractivity contribution < 1.29 is 27.0 Å². The van der Waals surface area contributed by atoms with Crippen LogP contribution in [0.15, 0.2) is 134 Å². The summed E-state index contributed by atoms with van der Waals surface area (Å²) in [6.45, 7) is 8.22. The van der Waals surface area contributed by atoms with Crippen LogP contribution >= 0.6 is 0 Å². The van der Waals surface area contributed by atoms with Crippen molar-refractivity contribution in [3.05, 3.63) is 179 Å². The summed E-state index contributed by atoms with van der Waals surface area (Å²) in [7, 11) is 0. The van der Waals surface area contributed by atoms with E-state index in [4.69, 9.17) is 9.10 Å². The molecule has 3 heteroatoms. The number of pyridine rings is 2. The summed E-state index contributed by atoms with van der Waals surface area (Å²) in [5.74, 6) is 0. The van der Waals surface area contributed by atoms with Crippen LogP contribution in [0.3, 0.4) is 0 Å². The second kappa shape index (κ2) is 18.1. The van der Waals surface area contributed by atoms with Gasteiger partial charge in [0.2, 0.25) is 0 Å². The van der Waals surface area contributed by atoms with E-state index in [0.717, 1.165) is 63.0 Å². The molecular formula is C56H56IrN2-2. The van der Waals surface area contributed by atoms with Crippen LogP contribution in [-0.2, 0) is 44.7 Å². The number of hydrogen-bond acceptors (Lipinski definition) is 2. The quantitative estimate of drug-likeness (QED) is 0.128. The minimum Gasteiger partial charge on any atom is -0.304 e. The molecule has 0 amide bonds. The Kier molecular flexibility index (Phi) is 11.0. The molecule has 0 spiro atoms. The summed E-state index contributed by atoms with van der Waals surface area (Å²) in [5, 5.41) is 0. The van der Waals surface area contributed by atoms with E-state index in [-0.39, 0.29) is 31.1 Å². The fourth-order valence-corrected chi connectivity index (χ4v) is 8.53. The van der Waals surface area contributed by atoms with Gasteiger partial charge in [0.15, 0.2) is 0 Å². The van der Waals surface area contributed by atoms with Gasteiger partial charge in [-0.05, 0) is 106 Å². The number of aryl methyl sites for hydroxylation is 4. The normalized spacial score (nSPS) is 15.5. The molecule has 8 rings (SSSR count). The van der Waals surface area contributed by atoms with Crippen molar-refractivity contribution in [2.75, 3.05) is 0 Å². The minimum absolute atomic E-state index is 0. The van der Waals surface area contributed by atoms with E-state index >= 15 is 0 Å². The molecule has 0 unspecified atom stereocenters. The zero-order valence-electron chi connectivity index (χ0n) is 39.9. The number of nitrogens with zero attached hydrogens (tertiary/aromatic N) is 2. The summed E-state index contributed by atoms with van der Waals surface area (Å²) < 4.78 is 41.4. The Labute approximate surface area is 374 Å². The van der Waals surface area contributed by atoms with Crippen molar-refractivity contribution in [2.24, 2.45) is 5.41 Å². The van der Waals surface area contributed by atoms with Crippen molar-refractivity contribution in [3.8, 4) is 55.9 Å². The van der Waals surface area contributed by atoms with Crippen LogP contribution in [0.4, 0.5) is 0 Å². The molecule has 2 aromatic heterocycles.